The zero-order chi connectivity index (χ0) is 12.3. The third kappa shape index (κ3) is 2.39. The Labute approximate surface area is 101 Å². The van der Waals surface area contributed by atoms with Crippen LogP contribution in [0.25, 0.3) is 0 Å². The van der Waals surface area contributed by atoms with Gasteiger partial charge in [-0.1, -0.05) is 0 Å². The van der Waals surface area contributed by atoms with E-state index in [1.54, 1.807) is 18.5 Å². The van der Waals surface area contributed by atoms with E-state index >= 15 is 0 Å². The molecule has 0 spiro atoms. The maximum Gasteiger partial charge on any atom is 0.257 e. The molecule has 1 amide bonds. The standard InChI is InChI=1S/C12H18N4O/c1-9-4-2-3-7-16(9)12(17)10-8-14-6-5-11(10)15-13/h5-6,8-9H,2-4,7,13H2,1H3,(H,14,15). The van der Waals surface area contributed by atoms with E-state index in [9.17, 15) is 4.79 Å². The molecular formula is C12H18N4O. The summed E-state index contributed by atoms with van der Waals surface area (Å²) in [5.74, 6) is 5.42. The molecule has 2 heterocycles. The molecular weight excluding hydrogens is 216 g/mol. The van der Waals surface area contributed by atoms with Crippen molar-refractivity contribution in [2.24, 2.45) is 5.84 Å². The first-order chi connectivity index (χ1) is 8.24. The zero-order valence-electron chi connectivity index (χ0n) is 10.0. The molecule has 0 aliphatic carbocycles. The Morgan fingerprint density at radius 1 is 1.59 bits per heavy atom. The number of piperidine rings is 1. The number of likely N-dealkylation sites (tertiary alicyclic amines) is 1. The Morgan fingerprint density at radius 3 is 3.12 bits per heavy atom. The van der Waals surface area contributed by atoms with E-state index < -0.39 is 0 Å². The van der Waals surface area contributed by atoms with Gasteiger partial charge in [0.25, 0.3) is 5.91 Å². The second kappa shape index (κ2) is 5.14. The summed E-state index contributed by atoms with van der Waals surface area (Å²) in [5, 5.41) is 0. The fourth-order valence-electron chi connectivity index (χ4n) is 2.25. The van der Waals surface area contributed by atoms with E-state index in [2.05, 4.69) is 17.3 Å². The number of rotatable bonds is 2. The molecule has 5 nitrogen and oxygen atoms in total. The van der Waals surface area contributed by atoms with Gasteiger partial charge >= 0.3 is 0 Å². The summed E-state index contributed by atoms with van der Waals surface area (Å²) in [6, 6.07) is 2.00. The van der Waals surface area contributed by atoms with Crippen molar-refractivity contribution in [1.29, 1.82) is 0 Å². The fraction of sp³-hybridized carbons (Fsp3) is 0.500. The minimum absolute atomic E-state index is 0.0123. The maximum atomic E-state index is 12.4. The molecule has 3 N–H and O–H groups in total. The number of nitrogens with zero attached hydrogens (tertiary/aromatic N) is 2. The molecule has 1 unspecified atom stereocenters. The monoisotopic (exact) mass is 234 g/mol. The number of carbonyl (C=O) groups excluding carboxylic acids is 1. The lowest BCUT2D eigenvalue weighted by Crippen LogP contribution is -2.42. The van der Waals surface area contributed by atoms with Crippen LogP contribution in [0.4, 0.5) is 5.69 Å². The van der Waals surface area contributed by atoms with Crippen molar-refractivity contribution in [2.75, 3.05) is 12.0 Å². The van der Waals surface area contributed by atoms with Crippen LogP contribution in [0, 0.1) is 0 Å². The third-order valence-corrected chi connectivity index (χ3v) is 3.27. The van der Waals surface area contributed by atoms with Crippen LogP contribution in [-0.4, -0.2) is 28.4 Å². The first kappa shape index (κ1) is 11.9. The number of hydrogen-bond donors (Lipinski definition) is 2. The summed E-state index contributed by atoms with van der Waals surface area (Å²) < 4.78 is 0. The van der Waals surface area contributed by atoms with Gasteiger partial charge in [0.2, 0.25) is 0 Å². The molecule has 1 aromatic rings. The van der Waals surface area contributed by atoms with Crippen LogP contribution in [0.1, 0.15) is 36.5 Å². The van der Waals surface area contributed by atoms with Crippen LogP contribution in [0.5, 0.6) is 0 Å². The van der Waals surface area contributed by atoms with E-state index in [1.807, 2.05) is 4.90 Å². The van der Waals surface area contributed by atoms with E-state index in [0.717, 1.165) is 19.4 Å². The fourth-order valence-corrected chi connectivity index (χ4v) is 2.25. The third-order valence-electron chi connectivity index (χ3n) is 3.27. The number of amides is 1. The summed E-state index contributed by atoms with van der Waals surface area (Å²) >= 11 is 0. The van der Waals surface area contributed by atoms with E-state index in [-0.39, 0.29) is 5.91 Å². The highest BCUT2D eigenvalue weighted by Gasteiger charge is 2.25. The van der Waals surface area contributed by atoms with Crippen molar-refractivity contribution in [2.45, 2.75) is 32.2 Å². The zero-order valence-corrected chi connectivity index (χ0v) is 10.0. The second-order valence-electron chi connectivity index (χ2n) is 4.41. The van der Waals surface area contributed by atoms with Gasteiger partial charge in [-0.25, -0.2) is 0 Å². The molecule has 0 aromatic carbocycles. The molecule has 1 saturated heterocycles. The van der Waals surface area contributed by atoms with Crippen molar-refractivity contribution >= 4 is 11.6 Å². The van der Waals surface area contributed by atoms with Crippen molar-refractivity contribution < 1.29 is 4.79 Å². The molecule has 1 aromatic heterocycles. The van der Waals surface area contributed by atoms with Gasteiger partial charge in [-0.15, -0.1) is 0 Å². The van der Waals surface area contributed by atoms with Crippen LogP contribution in [0.15, 0.2) is 18.5 Å². The van der Waals surface area contributed by atoms with Crippen LogP contribution in [0.2, 0.25) is 0 Å². The molecule has 0 radical (unpaired) electrons. The molecule has 0 saturated carbocycles. The lowest BCUT2D eigenvalue weighted by atomic mass is 10.0. The summed E-state index contributed by atoms with van der Waals surface area (Å²) in [5.41, 5.74) is 3.72. The number of hydrogen-bond acceptors (Lipinski definition) is 4. The summed E-state index contributed by atoms with van der Waals surface area (Å²) in [7, 11) is 0. The SMILES string of the molecule is CC1CCCCN1C(=O)c1cnccc1NN. The Morgan fingerprint density at radius 2 is 2.41 bits per heavy atom. The largest absolute Gasteiger partial charge is 0.336 e. The number of nitrogen functional groups attached to an aromatic ring is 1. The van der Waals surface area contributed by atoms with Gasteiger partial charge in [0.1, 0.15) is 0 Å². The number of nitrogens with two attached hydrogens (primary N) is 1. The van der Waals surface area contributed by atoms with Gasteiger partial charge in [-0.2, -0.15) is 0 Å². The van der Waals surface area contributed by atoms with Crippen LogP contribution < -0.4 is 11.3 Å². The maximum absolute atomic E-state index is 12.4. The number of pyridine rings is 1. The normalized spacial score (nSPS) is 20.1. The number of nitrogens with one attached hydrogen (secondary N) is 1. The van der Waals surface area contributed by atoms with Gasteiger partial charge < -0.3 is 10.3 Å². The molecule has 1 atom stereocenters. The molecule has 1 aliphatic rings. The van der Waals surface area contributed by atoms with Crippen LogP contribution >= 0.6 is 0 Å². The minimum atomic E-state index is 0.0123. The predicted molar refractivity (Wildman–Crippen MR) is 66.4 cm³/mol. The Bertz CT molecular complexity index is 407. The van der Waals surface area contributed by atoms with Gasteiger partial charge in [-0.05, 0) is 32.3 Å². The smallest absolute Gasteiger partial charge is 0.257 e. The average Bonchev–Trinajstić information content (AvgIpc) is 2.38. The van der Waals surface area contributed by atoms with Gasteiger partial charge in [0, 0.05) is 25.0 Å². The van der Waals surface area contributed by atoms with Gasteiger partial charge in [-0.3, -0.25) is 15.6 Å². The molecule has 2 rings (SSSR count). The van der Waals surface area contributed by atoms with Crippen LogP contribution in [0.3, 0.4) is 0 Å². The lowest BCUT2D eigenvalue weighted by Gasteiger charge is -2.33. The van der Waals surface area contributed by atoms with Crippen LogP contribution in [-0.2, 0) is 0 Å². The van der Waals surface area contributed by atoms with Gasteiger partial charge in [0.15, 0.2) is 0 Å². The molecule has 5 heteroatoms. The molecule has 1 fully saturated rings. The van der Waals surface area contributed by atoms with E-state index in [4.69, 9.17) is 5.84 Å². The summed E-state index contributed by atoms with van der Waals surface area (Å²) in [6.07, 6.45) is 6.52. The number of carbonyl (C=O) groups is 1. The van der Waals surface area contributed by atoms with Crippen molar-refractivity contribution in [3.8, 4) is 0 Å². The molecule has 92 valence electrons. The number of anilines is 1. The molecule has 17 heavy (non-hydrogen) atoms. The van der Waals surface area contributed by atoms with Gasteiger partial charge in [0.05, 0.1) is 11.3 Å². The predicted octanol–water partition coefficient (Wildman–Crippen LogP) is 1.38. The van der Waals surface area contributed by atoms with Crippen molar-refractivity contribution in [3.05, 3.63) is 24.0 Å². The number of aromatic nitrogens is 1. The Hall–Kier alpha value is -1.62. The van der Waals surface area contributed by atoms with E-state index in [1.165, 1.54) is 6.42 Å². The molecule has 1 aliphatic heterocycles. The highest BCUT2D eigenvalue weighted by atomic mass is 16.2. The van der Waals surface area contributed by atoms with Crippen molar-refractivity contribution in [1.82, 2.24) is 9.88 Å². The Kier molecular flexibility index (Phi) is 3.58. The van der Waals surface area contributed by atoms with Crippen molar-refractivity contribution in [3.63, 3.8) is 0 Å². The first-order valence-electron chi connectivity index (χ1n) is 5.95. The Balaban J connectivity index is 2.23. The highest BCUT2D eigenvalue weighted by molar-refractivity contribution is 5.99. The highest BCUT2D eigenvalue weighted by Crippen LogP contribution is 2.21. The molecule has 0 bridgehead atoms. The van der Waals surface area contributed by atoms with E-state index in [0.29, 0.717) is 17.3 Å². The second-order valence-corrected chi connectivity index (χ2v) is 4.41. The summed E-state index contributed by atoms with van der Waals surface area (Å²) in [4.78, 5) is 18.3. The quantitative estimate of drug-likeness (QED) is 0.599. The topological polar surface area (TPSA) is 71.2 Å². The lowest BCUT2D eigenvalue weighted by molar-refractivity contribution is 0.0636. The summed E-state index contributed by atoms with van der Waals surface area (Å²) in [6.45, 7) is 2.90. The number of hydrazine groups is 1. The average molecular weight is 234 g/mol. The minimum Gasteiger partial charge on any atom is -0.336 e. The first-order valence-corrected chi connectivity index (χ1v) is 5.95.